The molecule has 2 nitrogen and oxygen atoms in total. The monoisotopic (exact) mass is 388 g/mol. The summed E-state index contributed by atoms with van der Waals surface area (Å²) in [7, 11) is 0. The van der Waals surface area contributed by atoms with Gasteiger partial charge in [0.25, 0.3) is 0 Å². The van der Waals surface area contributed by atoms with Crippen LogP contribution in [-0.2, 0) is 4.79 Å². The molecule has 8 atom stereocenters. The second kappa shape index (κ2) is 7.95. The van der Waals surface area contributed by atoms with E-state index in [0.29, 0.717) is 17.3 Å². The Morgan fingerprint density at radius 3 is 2.50 bits per heavy atom. The van der Waals surface area contributed by atoms with Crippen molar-refractivity contribution in [1.29, 1.82) is 0 Å². The molecular formula is C26H44O2. The summed E-state index contributed by atoms with van der Waals surface area (Å²) in [6.45, 7) is 7.83. The minimum atomic E-state index is -0.634. The summed E-state index contributed by atoms with van der Waals surface area (Å²) in [5.41, 5.74) is 1.22. The van der Waals surface area contributed by atoms with E-state index >= 15 is 0 Å². The molecule has 2 heteroatoms. The predicted molar refractivity (Wildman–Crippen MR) is 115 cm³/mol. The number of hydrogen-bond donors (Lipinski definition) is 1. The Bertz CT molecular complexity index is 571. The van der Waals surface area contributed by atoms with Crippen molar-refractivity contribution < 1.29 is 9.90 Å². The lowest BCUT2D eigenvalue weighted by Crippen LogP contribution is -2.53. The number of carboxylic acid groups (broad SMARTS) is 1. The number of aliphatic carboxylic acids is 1. The van der Waals surface area contributed by atoms with Crippen LogP contribution < -0.4 is 0 Å². The zero-order valence-corrected chi connectivity index (χ0v) is 18.7. The van der Waals surface area contributed by atoms with Crippen molar-refractivity contribution in [3.8, 4) is 0 Å². The van der Waals surface area contributed by atoms with Crippen molar-refractivity contribution >= 4 is 5.97 Å². The van der Waals surface area contributed by atoms with Crippen LogP contribution in [0.15, 0.2) is 0 Å². The molecule has 0 bridgehead atoms. The Morgan fingerprint density at radius 2 is 1.71 bits per heavy atom. The molecule has 4 rings (SSSR count). The van der Waals surface area contributed by atoms with E-state index in [-0.39, 0.29) is 0 Å². The van der Waals surface area contributed by atoms with Crippen LogP contribution in [0.25, 0.3) is 0 Å². The highest BCUT2D eigenvalue weighted by atomic mass is 16.4. The Morgan fingerprint density at radius 1 is 0.929 bits per heavy atom. The molecule has 3 unspecified atom stereocenters. The number of carboxylic acids is 1. The summed E-state index contributed by atoms with van der Waals surface area (Å²) in [4.78, 5) is 10.8. The third-order valence-electron chi connectivity index (χ3n) is 10.6. The molecule has 0 aromatic carbocycles. The summed E-state index contributed by atoms with van der Waals surface area (Å²) in [5.74, 6) is 5.01. The molecule has 0 radical (unpaired) electrons. The second-order valence-electron chi connectivity index (χ2n) is 11.7. The molecule has 4 aliphatic rings. The highest BCUT2D eigenvalue weighted by Crippen LogP contribution is 2.68. The molecule has 0 spiro atoms. The summed E-state index contributed by atoms with van der Waals surface area (Å²) < 4.78 is 0. The normalized spacial score (nSPS) is 46.3. The van der Waals surface area contributed by atoms with Crippen molar-refractivity contribution in [2.24, 2.45) is 46.3 Å². The van der Waals surface area contributed by atoms with E-state index in [2.05, 4.69) is 20.8 Å². The molecule has 28 heavy (non-hydrogen) atoms. The van der Waals surface area contributed by atoms with E-state index in [1.807, 2.05) is 0 Å². The number of carbonyl (C=O) groups is 1. The third-order valence-corrected chi connectivity index (χ3v) is 10.6. The molecule has 0 aromatic heterocycles. The highest BCUT2D eigenvalue weighted by molar-refractivity contribution is 5.66. The van der Waals surface area contributed by atoms with Gasteiger partial charge in [-0.3, -0.25) is 4.79 Å². The minimum absolute atomic E-state index is 0.348. The molecule has 4 fully saturated rings. The minimum Gasteiger partial charge on any atom is -0.481 e. The maximum Gasteiger partial charge on any atom is 0.303 e. The lowest BCUT2D eigenvalue weighted by atomic mass is 9.44. The molecule has 4 aliphatic carbocycles. The number of hydrogen-bond acceptors (Lipinski definition) is 1. The van der Waals surface area contributed by atoms with Crippen LogP contribution in [0.3, 0.4) is 0 Å². The quantitative estimate of drug-likeness (QED) is 0.484. The zero-order valence-electron chi connectivity index (χ0n) is 18.7. The first-order valence-corrected chi connectivity index (χ1v) is 12.6. The summed E-state index contributed by atoms with van der Waals surface area (Å²) in [6, 6.07) is 0. The Kier molecular flexibility index (Phi) is 5.89. The van der Waals surface area contributed by atoms with Crippen LogP contribution >= 0.6 is 0 Å². The number of fused-ring (bicyclic) bond motifs is 5. The fourth-order valence-corrected chi connectivity index (χ4v) is 9.21. The summed E-state index contributed by atoms with van der Waals surface area (Å²) in [6.07, 6.45) is 18.4. The van der Waals surface area contributed by atoms with Gasteiger partial charge in [-0.1, -0.05) is 46.5 Å². The molecule has 0 heterocycles. The van der Waals surface area contributed by atoms with Gasteiger partial charge in [0, 0.05) is 6.42 Å². The van der Waals surface area contributed by atoms with Gasteiger partial charge in [-0.25, -0.2) is 0 Å². The first-order chi connectivity index (χ1) is 13.4. The maximum absolute atomic E-state index is 10.8. The Labute approximate surface area is 173 Å². The van der Waals surface area contributed by atoms with Crippen molar-refractivity contribution in [3.05, 3.63) is 0 Å². The van der Waals surface area contributed by atoms with Gasteiger partial charge in [0.2, 0.25) is 0 Å². The first-order valence-electron chi connectivity index (χ1n) is 12.6. The Hall–Kier alpha value is -0.530. The lowest BCUT2D eigenvalue weighted by Gasteiger charge is -2.61. The van der Waals surface area contributed by atoms with E-state index in [1.165, 1.54) is 70.6 Å². The second-order valence-corrected chi connectivity index (χ2v) is 11.7. The molecule has 160 valence electrons. The first kappa shape index (κ1) is 20.7. The summed E-state index contributed by atoms with van der Waals surface area (Å²) in [5, 5.41) is 8.90. The van der Waals surface area contributed by atoms with Crippen LogP contribution in [0, 0.1) is 46.3 Å². The average molecular weight is 389 g/mol. The predicted octanol–water partition coefficient (Wildman–Crippen LogP) is 7.32. The van der Waals surface area contributed by atoms with Crippen LogP contribution in [0.4, 0.5) is 0 Å². The van der Waals surface area contributed by atoms with Gasteiger partial charge in [-0.15, -0.1) is 0 Å². The van der Waals surface area contributed by atoms with Crippen molar-refractivity contribution in [3.63, 3.8) is 0 Å². The molecule has 0 amide bonds. The van der Waals surface area contributed by atoms with Gasteiger partial charge < -0.3 is 5.11 Å². The molecular weight excluding hydrogens is 344 g/mol. The fourth-order valence-electron chi connectivity index (χ4n) is 9.21. The van der Waals surface area contributed by atoms with Gasteiger partial charge >= 0.3 is 5.97 Å². The van der Waals surface area contributed by atoms with Gasteiger partial charge in [0.05, 0.1) is 0 Å². The van der Waals surface area contributed by atoms with E-state index in [1.54, 1.807) is 0 Å². The van der Waals surface area contributed by atoms with Crippen LogP contribution in [0.1, 0.15) is 111 Å². The molecule has 4 saturated carbocycles. The van der Waals surface area contributed by atoms with E-state index < -0.39 is 5.97 Å². The smallest absolute Gasteiger partial charge is 0.303 e. The van der Waals surface area contributed by atoms with Gasteiger partial charge in [-0.05, 0) is 104 Å². The molecule has 1 N–H and O–H groups in total. The van der Waals surface area contributed by atoms with Gasteiger partial charge in [-0.2, -0.15) is 0 Å². The van der Waals surface area contributed by atoms with Crippen molar-refractivity contribution in [2.75, 3.05) is 0 Å². The van der Waals surface area contributed by atoms with Gasteiger partial charge in [0.1, 0.15) is 0 Å². The largest absolute Gasteiger partial charge is 0.481 e. The van der Waals surface area contributed by atoms with E-state index in [9.17, 15) is 4.79 Å². The van der Waals surface area contributed by atoms with Crippen molar-refractivity contribution in [2.45, 2.75) is 111 Å². The van der Waals surface area contributed by atoms with Crippen molar-refractivity contribution in [1.82, 2.24) is 0 Å². The van der Waals surface area contributed by atoms with Crippen LogP contribution in [0.5, 0.6) is 0 Å². The summed E-state index contributed by atoms with van der Waals surface area (Å²) >= 11 is 0. The third kappa shape index (κ3) is 3.45. The van der Waals surface area contributed by atoms with E-state index in [4.69, 9.17) is 5.11 Å². The van der Waals surface area contributed by atoms with Gasteiger partial charge in [0.15, 0.2) is 0 Å². The lowest BCUT2D eigenvalue weighted by molar-refractivity contribution is -0.137. The fraction of sp³-hybridized carbons (Fsp3) is 0.962. The average Bonchev–Trinajstić information content (AvgIpc) is 3.01. The van der Waals surface area contributed by atoms with E-state index in [0.717, 1.165) is 48.3 Å². The van der Waals surface area contributed by atoms with Crippen LogP contribution in [0.2, 0.25) is 0 Å². The SMILES string of the molecule is C[C@H](CCCCC(=O)O)C1CCC2[C@@H]3CC[C@@H]4CCCC[C@]4(C)C3CC[C@@]21C. The number of rotatable bonds is 6. The van der Waals surface area contributed by atoms with Crippen LogP contribution in [-0.4, -0.2) is 11.1 Å². The molecule has 0 saturated heterocycles. The zero-order chi connectivity index (χ0) is 19.9. The Balaban J connectivity index is 1.42. The standard InChI is InChI=1S/C26H44O2/c1-18(8-4-5-10-24(27)28)21-13-14-22-20-12-11-19-9-6-7-16-25(19,2)23(20)15-17-26(21,22)3/h18-23H,4-17H2,1-3H3,(H,27,28)/t18-,19+,20+,21?,22?,23?,25+,26-/m1/s1. The molecule has 0 aliphatic heterocycles. The maximum atomic E-state index is 10.8. The molecule has 0 aromatic rings. The topological polar surface area (TPSA) is 37.3 Å². The number of unbranched alkanes of at least 4 members (excludes halogenated alkanes) is 1. The highest BCUT2D eigenvalue weighted by Gasteiger charge is 2.59.